The van der Waals surface area contributed by atoms with E-state index < -0.39 is 5.92 Å². The average Bonchev–Trinajstić information content (AvgIpc) is 2.54. The van der Waals surface area contributed by atoms with Gasteiger partial charge in [0.15, 0.2) is 5.78 Å². The molecule has 0 saturated carbocycles. The summed E-state index contributed by atoms with van der Waals surface area (Å²) in [6.45, 7) is 5.29. The summed E-state index contributed by atoms with van der Waals surface area (Å²) >= 11 is 0. The first-order valence-corrected chi connectivity index (χ1v) is 6.75. The highest BCUT2D eigenvalue weighted by molar-refractivity contribution is 6.07. The molecule has 0 bridgehead atoms. The Labute approximate surface area is 124 Å². The minimum absolute atomic E-state index is 0.148. The summed E-state index contributed by atoms with van der Waals surface area (Å²) in [5.41, 5.74) is 1.96. The molecule has 1 atom stereocenters. The van der Waals surface area contributed by atoms with Gasteiger partial charge < -0.3 is 5.32 Å². The molecule has 1 N–H and O–H groups in total. The van der Waals surface area contributed by atoms with E-state index in [2.05, 4.69) is 11.9 Å². The molecule has 0 aromatic heterocycles. The van der Waals surface area contributed by atoms with Gasteiger partial charge in [-0.05, 0) is 30.7 Å². The molecule has 0 spiro atoms. The number of para-hydroxylation sites is 1. The number of allylic oxidation sites excluding steroid dienone is 1. The number of amides is 1. The first-order chi connectivity index (χ1) is 10.1. The Hall–Kier alpha value is -2.68. The van der Waals surface area contributed by atoms with Gasteiger partial charge in [-0.1, -0.05) is 49.0 Å². The van der Waals surface area contributed by atoms with Gasteiger partial charge in [-0.3, -0.25) is 9.59 Å². The molecule has 2 aromatic rings. The fraction of sp³-hybridized carbons (Fsp3) is 0.111. The van der Waals surface area contributed by atoms with Gasteiger partial charge in [-0.15, -0.1) is 0 Å². The number of rotatable bonds is 5. The molecule has 1 amide bonds. The van der Waals surface area contributed by atoms with Crippen molar-refractivity contribution in [1.82, 2.24) is 0 Å². The van der Waals surface area contributed by atoms with E-state index in [0.717, 1.165) is 5.69 Å². The molecule has 2 aromatic carbocycles. The largest absolute Gasteiger partial charge is 0.326 e. The molecule has 0 aliphatic heterocycles. The minimum Gasteiger partial charge on any atom is -0.326 e. The van der Waals surface area contributed by atoms with Crippen LogP contribution in [-0.4, -0.2) is 11.7 Å². The lowest BCUT2D eigenvalue weighted by Gasteiger charge is -2.15. The van der Waals surface area contributed by atoms with Gasteiger partial charge >= 0.3 is 0 Å². The third-order valence-electron chi connectivity index (χ3n) is 3.31. The van der Waals surface area contributed by atoms with Crippen LogP contribution in [0, 0.1) is 0 Å². The predicted octanol–water partition coefficient (Wildman–Crippen LogP) is 3.80. The number of benzene rings is 2. The van der Waals surface area contributed by atoms with Gasteiger partial charge in [0.25, 0.3) is 0 Å². The van der Waals surface area contributed by atoms with Gasteiger partial charge in [0.2, 0.25) is 5.91 Å². The zero-order valence-electron chi connectivity index (χ0n) is 11.9. The van der Waals surface area contributed by atoms with Crippen LogP contribution in [0.15, 0.2) is 67.3 Å². The second-order valence-electron chi connectivity index (χ2n) is 4.73. The van der Waals surface area contributed by atoms with Crippen LogP contribution in [0.4, 0.5) is 5.69 Å². The Bertz CT molecular complexity index is 662. The van der Waals surface area contributed by atoms with Crippen molar-refractivity contribution in [2.75, 3.05) is 5.32 Å². The second kappa shape index (κ2) is 6.66. The van der Waals surface area contributed by atoms with E-state index in [1.807, 2.05) is 36.4 Å². The predicted molar refractivity (Wildman–Crippen MR) is 84.5 cm³/mol. The summed E-state index contributed by atoms with van der Waals surface area (Å²) in [5, 5.41) is 2.85. The highest BCUT2D eigenvalue weighted by Gasteiger charge is 2.20. The third-order valence-corrected chi connectivity index (χ3v) is 3.31. The van der Waals surface area contributed by atoms with Crippen LogP contribution in [-0.2, 0) is 4.79 Å². The molecular weight excluding hydrogens is 262 g/mol. The molecule has 0 aliphatic rings. The fourth-order valence-electron chi connectivity index (χ4n) is 2.12. The number of carbonyl (C=O) groups excluding carboxylic acids is 2. The Balaban J connectivity index is 2.24. The zero-order valence-corrected chi connectivity index (χ0v) is 11.9. The fourth-order valence-corrected chi connectivity index (χ4v) is 2.12. The van der Waals surface area contributed by atoms with Crippen LogP contribution in [0.1, 0.15) is 28.8 Å². The van der Waals surface area contributed by atoms with Crippen molar-refractivity contribution in [2.24, 2.45) is 0 Å². The van der Waals surface area contributed by atoms with E-state index in [1.165, 1.54) is 6.08 Å². The van der Waals surface area contributed by atoms with E-state index in [4.69, 9.17) is 0 Å². The lowest BCUT2D eigenvalue weighted by Crippen LogP contribution is -2.20. The molecule has 3 nitrogen and oxygen atoms in total. The summed E-state index contributed by atoms with van der Waals surface area (Å²) in [4.78, 5) is 24.2. The highest BCUT2D eigenvalue weighted by Crippen LogP contribution is 2.22. The van der Waals surface area contributed by atoms with Crippen LogP contribution >= 0.6 is 0 Å². The topological polar surface area (TPSA) is 46.2 Å². The van der Waals surface area contributed by atoms with E-state index >= 15 is 0 Å². The summed E-state index contributed by atoms with van der Waals surface area (Å²) in [5.74, 6) is -0.749. The monoisotopic (exact) mass is 279 g/mol. The molecule has 0 saturated heterocycles. The Morgan fingerprint density at radius 3 is 2.33 bits per heavy atom. The van der Waals surface area contributed by atoms with Crippen molar-refractivity contribution in [1.29, 1.82) is 0 Å². The number of hydrogen-bond donors (Lipinski definition) is 1. The maximum Gasteiger partial charge on any atom is 0.231 e. The van der Waals surface area contributed by atoms with Crippen LogP contribution in [0.3, 0.4) is 0 Å². The molecule has 21 heavy (non-hydrogen) atoms. The van der Waals surface area contributed by atoms with Crippen LogP contribution in [0.2, 0.25) is 0 Å². The van der Waals surface area contributed by atoms with E-state index in [-0.39, 0.29) is 11.7 Å². The smallest absolute Gasteiger partial charge is 0.231 e. The molecule has 0 heterocycles. The van der Waals surface area contributed by atoms with Gasteiger partial charge in [-0.25, -0.2) is 0 Å². The number of anilines is 1. The van der Waals surface area contributed by atoms with Crippen molar-refractivity contribution in [3.05, 3.63) is 78.4 Å². The average molecular weight is 279 g/mol. The van der Waals surface area contributed by atoms with Gasteiger partial charge in [0, 0.05) is 11.3 Å². The molecule has 2 rings (SSSR count). The zero-order chi connectivity index (χ0) is 15.2. The standard InChI is InChI=1S/C18H17NO2/c1-3-17(20)16-12-8-7-11-15(16)13(2)18(21)19-14-9-5-4-6-10-14/h3-13H,1H2,2H3,(H,19,21). The van der Waals surface area contributed by atoms with Gasteiger partial charge in [0.1, 0.15) is 0 Å². The molecule has 1 unspecified atom stereocenters. The first-order valence-electron chi connectivity index (χ1n) is 6.75. The summed E-state index contributed by atoms with van der Waals surface area (Å²) in [6, 6.07) is 16.4. The Morgan fingerprint density at radius 2 is 1.67 bits per heavy atom. The highest BCUT2D eigenvalue weighted by atomic mass is 16.2. The van der Waals surface area contributed by atoms with Crippen molar-refractivity contribution in [3.63, 3.8) is 0 Å². The molecule has 0 aliphatic carbocycles. The van der Waals surface area contributed by atoms with Crippen LogP contribution in [0.5, 0.6) is 0 Å². The number of ketones is 1. The van der Waals surface area contributed by atoms with Crippen LogP contribution in [0.25, 0.3) is 0 Å². The van der Waals surface area contributed by atoms with Crippen molar-refractivity contribution >= 4 is 17.4 Å². The Kier molecular flexibility index (Phi) is 4.67. The normalized spacial score (nSPS) is 11.5. The Morgan fingerprint density at radius 1 is 1.05 bits per heavy atom. The van der Waals surface area contributed by atoms with Crippen LogP contribution < -0.4 is 5.32 Å². The second-order valence-corrected chi connectivity index (χ2v) is 4.73. The first kappa shape index (κ1) is 14.7. The number of hydrogen-bond acceptors (Lipinski definition) is 2. The third kappa shape index (κ3) is 3.45. The van der Waals surface area contributed by atoms with Crippen molar-refractivity contribution in [3.8, 4) is 0 Å². The molecular formula is C18H17NO2. The summed E-state index contributed by atoms with van der Waals surface area (Å²) in [7, 11) is 0. The maximum atomic E-state index is 12.3. The minimum atomic E-state index is -0.426. The van der Waals surface area contributed by atoms with E-state index in [1.54, 1.807) is 25.1 Å². The molecule has 3 heteroatoms. The van der Waals surface area contributed by atoms with Crippen molar-refractivity contribution in [2.45, 2.75) is 12.8 Å². The lowest BCUT2D eigenvalue weighted by atomic mass is 9.92. The maximum absolute atomic E-state index is 12.3. The number of nitrogens with one attached hydrogen (secondary N) is 1. The molecule has 0 fully saturated rings. The summed E-state index contributed by atoms with van der Waals surface area (Å²) < 4.78 is 0. The van der Waals surface area contributed by atoms with E-state index in [0.29, 0.717) is 11.1 Å². The van der Waals surface area contributed by atoms with Crippen molar-refractivity contribution < 1.29 is 9.59 Å². The SMILES string of the molecule is C=CC(=O)c1ccccc1C(C)C(=O)Nc1ccccc1. The van der Waals surface area contributed by atoms with E-state index in [9.17, 15) is 9.59 Å². The molecule has 0 radical (unpaired) electrons. The lowest BCUT2D eigenvalue weighted by molar-refractivity contribution is -0.117. The van der Waals surface area contributed by atoms with Gasteiger partial charge in [0.05, 0.1) is 5.92 Å². The van der Waals surface area contributed by atoms with Gasteiger partial charge in [-0.2, -0.15) is 0 Å². The molecule has 106 valence electrons. The summed E-state index contributed by atoms with van der Waals surface area (Å²) in [6.07, 6.45) is 1.26. The number of carbonyl (C=O) groups is 2. The quantitative estimate of drug-likeness (QED) is 0.668.